The molecule has 64 valence electrons. The Morgan fingerprint density at radius 2 is 2.42 bits per heavy atom. The lowest BCUT2D eigenvalue weighted by atomic mass is 10.1. The first-order valence-corrected chi connectivity index (χ1v) is 3.76. The Hall–Kier alpha value is -1.23. The maximum absolute atomic E-state index is 10.2. The van der Waals surface area contributed by atoms with Gasteiger partial charge in [-0.3, -0.25) is 4.79 Å². The highest BCUT2D eigenvalue weighted by molar-refractivity contribution is 5.66. The third kappa shape index (κ3) is 1.23. The van der Waals surface area contributed by atoms with E-state index in [1.165, 1.54) is 0 Å². The molecule has 0 aliphatic carbocycles. The fraction of sp³-hybridized carbons (Fsp3) is 0.571. The summed E-state index contributed by atoms with van der Waals surface area (Å²) in [4.78, 5) is 10.2. The number of hydrogen-bond donors (Lipinski definition) is 0. The van der Waals surface area contributed by atoms with E-state index in [4.69, 9.17) is 9.15 Å². The molecular formula is C7H8N2O3. The molecule has 1 fully saturated rings. The topological polar surface area (TPSA) is 65.2 Å². The molecule has 2 rings (SSSR count). The van der Waals surface area contributed by atoms with E-state index in [2.05, 4.69) is 10.2 Å². The Bertz CT molecular complexity index is 278. The zero-order chi connectivity index (χ0) is 8.39. The summed E-state index contributed by atoms with van der Waals surface area (Å²) in [7, 11) is 0. The Labute approximate surface area is 68.7 Å². The van der Waals surface area contributed by atoms with Gasteiger partial charge in [-0.2, -0.15) is 0 Å². The van der Waals surface area contributed by atoms with Crippen molar-refractivity contribution < 1.29 is 13.9 Å². The van der Waals surface area contributed by atoms with Crippen LogP contribution in [-0.4, -0.2) is 29.7 Å². The molecule has 0 saturated carbocycles. The van der Waals surface area contributed by atoms with E-state index < -0.39 is 0 Å². The van der Waals surface area contributed by atoms with E-state index in [9.17, 15) is 4.79 Å². The van der Waals surface area contributed by atoms with Crippen molar-refractivity contribution in [3.8, 4) is 0 Å². The minimum absolute atomic E-state index is 0.0388. The van der Waals surface area contributed by atoms with Crippen LogP contribution >= 0.6 is 0 Å². The molecule has 1 unspecified atom stereocenters. The first kappa shape index (κ1) is 7.42. The maximum atomic E-state index is 10.2. The average Bonchev–Trinajstić information content (AvgIpc) is 2.75. The largest absolute Gasteiger partial charge is 0.418 e. The van der Waals surface area contributed by atoms with Crippen LogP contribution in [-0.2, 0) is 4.74 Å². The van der Waals surface area contributed by atoms with Gasteiger partial charge in [0, 0.05) is 6.61 Å². The Morgan fingerprint density at radius 3 is 3.00 bits per heavy atom. The van der Waals surface area contributed by atoms with E-state index in [0.29, 0.717) is 18.8 Å². The summed E-state index contributed by atoms with van der Waals surface area (Å²) in [6, 6.07) is 0. The molecule has 1 aromatic rings. The van der Waals surface area contributed by atoms with Crippen LogP contribution in [0.4, 0.5) is 0 Å². The van der Waals surface area contributed by atoms with Crippen molar-refractivity contribution in [3.63, 3.8) is 0 Å². The van der Waals surface area contributed by atoms with E-state index in [1.807, 2.05) is 0 Å². The zero-order valence-electron chi connectivity index (χ0n) is 6.40. The number of carbonyl (C=O) groups excluding carboxylic acids is 1. The molecule has 0 spiro atoms. The lowest BCUT2D eigenvalue weighted by molar-refractivity contribution is 0.109. The van der Waals surface area contributed by atoms with E-state index >= 15 is 0 Å². The Morgan fingerprint density at radius 1 is 1.50 bits per heavy atom. The van der Waals surface area contributed by atoms with Crippen LogP contribution in [0.2, 0.25) is 0 Å². The Balaban J connectivity index is 2.16. The highest BCUT2D eigenvalue weighted by Crippen LogP contribution is 2.23. The quantitative estimate of drug-likeness (QED) is 0.597. The number of nitrogens with zero attached hydrogens (tertiary/aromatic N) is 2. The lowest BCUT2D eigenvalue weighted by Gasteiger charge is -1.97. The summed E-state index contributed by atoms with van der Waals surface area (Å²) in [5, 5.41) is 7.28. The van der Waals surface area contributed by atoms with Gasteiger partial charge in [-0.25, -0.2) is 0 Å². The van der Waals surface area contributed by atoms with Crippen molar-refractivity contribution in [2.45, 2.75) is 12.3 Å². The second-order valence-corrected chi connectivity index (χ2v) is 2.66. The molecule has 0 N–H and O–H groups in total. The van der Waals surface area contributed by atoms with Gasteiger partial charge in [-0.05, 0) is 6.42 Å². The van der Waals surface area contributed by atoms with Crippen LogP contribution in [0.25, 0.3) is 0 Å². The fourth-order valence-electron chi connectivity index (χ4n) is 1.19. The van der Waals surface area contributed by atoms with E-state index in [1.54, 1.807) is 0 Å². The molecule has 1 saturated heterocycles. The third-order valence-corrected chi connectivity index (χ3v) is 1.84. The molecule has 0 radical (unpaired) electrons. The average molecular weight is 168 g/mol. The van der Waals surface area contributed by atoms with E-state index in [0.717, 1.165) is 13.0 Å². The van der Waals surface area contributed by atoms with Gasteiger partial charge < -0.3 is 9.15 Å². The lowest BCUT2D eigenvalue weighted by Crippen LogP contribution is -1.97. The minimum atomic E-state index is 0.0388. The first-order valence-electron chi connectivity index (χ1n) is 3.76. The summed E-state index contributed by atoms with van der Waals surface area (Å²) in [5.74, 6) is 0.720. The van der Waals surface area contributed by atoms with Crippen LogP contribution in [0.5, 0.6) is 0 Å². The van der Waals surface area contributed by atoms with E-state index in [-0.39, 0.29) is 11.8 Å². The van der Waals surface area contributed by atoms with Crippen molar-refractivity contribution in [2.75, 3.05) is 13.2 Å². The predicted molar refractivity (Wildman–Crippen MR) is 37.9 cm³/mol. The summed E-state index contributed by atoms with van der Waals surface area (Å²) in [5.41, 5.74) is 0. The first-order chi connectivity index (χ1) is 5.90. The van der Waals surface area contributed by atoms with Gasteiger partial charge in [0.1, 0.15) is 0 Å². The van der Waals surface area contributed by atoms with Gasteiger partial charge in [-0.15, -0.1) is 10.2 Å². The summed E-state index contributed by atoms with van der Waals surface area (Å²) in [6.07, 6.45) is 1.44. The number of aldehydes is 1. The standard InChI is InChI=1S/C7H8N2O3/c10-3-6-8-9-7(12-6)5-1-2-11-4-5/h3,5H,1-2,4H2. The SMILES string of the molecule is O=Cc1nnc(C2CCOC2)o1. The maximum Gasteiger partial charge on any atom is 0.280 e. The monoisotopic (exact) mass is 168 g/mol. The molecule has 1 aliphatic heterocycles. The van der Waals surface area contributed by atoms with Crippen LogP contribution < -0.4 is 0 Å². The zero-order valence-corrected chi connectivity index (χ0v) is 6.40. The molecule has 5 heteroatoms. The smallest absolute Gasteiger partial charge is 0.280 e. The highest BCUT2D eigenvalue weighted by atomic mass is 16.5. The van der Waals surface area contributed by atoms with Gasteiger partial charge in [0.05, 0.1) is 12.5 Å². The molecular weight excluding hydrogens is 160 g/mol. The molecule has 5 nitrogen and oxygen atoms in total. The van der Waals surface area contributed by atoms with Crippen molar-refractivity contribution in [2.24, 2.45) is 0 Å². The van der Waals surface area contributed by atoms with Crippen LogP contribution in [0.15, 0.2) is 4.42 Å². The highest BCUT2D eigenvalue weighted by Gasteiger charge is 2.23. The third-order valence-electron chi connectivity index (χ3n) is 1.84. The molecule has 0 amide bonds. The van der Waals surface area contributed by atoms with Crippen molar-refractivity contribution in [3.05, 3.63) is 11.8 Å². The van der Waals surface area contributed by atoms with Crippen molar-refractivity contribution in [1.29, 1.82) is 0 Å². The number of carbonyl (C=O) groups is 1. The van der Waals surface area contributed by atoms with Gasteiger partial charge in [0.25, 0.3) is 5.89 Å². The second-order valence-electron chi connectivity index (χ2n) is 2.66. The molecule has 0 bridgehead atoms. The van der Waals surface area contributed by atoms with Crippen LogP contribution in [0.1, 0.15) is 28.9 Å². The molecule has 0 aromatic carbocycles. The minimum Gasteiger partial charge on any atom is -0.418 e. The fourth-order valence-corrected chi connectivity index (χ4v) is 1.19. The molecule has 1 atom stereocenters. The molecule has 1 aromatic heterocycles. The molecule has 12 heavy (non-hydrogen) atoms. The number of rotatable bonds is 2. The summed E-state index contributed by atoms with van der Waals surface area (Å²) >= 11 is 0. The summed E-state index contributed by atoms with van der Waals surface area (Å²) in [6.45, 7) is 1.34. The number of ether oxygens (including phenoxy) is 1. The molecule has 2 heterocycles. The van der Waals surface area contributed by atoms with Crippen molar-refractivity contribution in [1.82, 2.24) is 10.2 Å². The van der Waals surface area contributed by atoms with Gasteiger partial charge in [0.15, 0.2) is 0 Å². The van der Waals surface area contributed by atoms with Crippen LogP contribution in [0, 0.1) is 0 Å². The van der Waals surface area contributed by atoms with Crippen LogP contribution in [0.3, 0.4) is 0 Å². The van der Waals surface area contributed by atoms with Crippen molar-refractivity contribution >= 4 is 6.29 Å². The number of hydrogen-bond acceptors (Lipinski definition) is 5. The second kappa shape index (κ2) is 3.02. The number of aromatic nitrogens is 2. The predicted octanol–water partition coefficient (Wildman–Crippen LogP) is 0.386. The summed E-state index contributed by atoms with van der Waals surface area (Å²) < 4.78 is 10.2. The normalized spacial score (nSPS) is 22.8. The molecule has 1 aliphatic rings. The van der Waals surface area contributed by atoms with Gasteiger partial charge >= 0.3 is 0 Å². The van der Waals surface area contributed by atoms with Gasteiger partial charge in [0.2, 0.25) is 12.2 Å². The van der Waals surface area contributed by atoms with Gasteiger partial charge in [-0.1, -0.05) is 0 Å². The Kier molecular flexibility index (Phi) is 1.87.